The third kappa shape index (κ3) is 4.45. The molecule has 29 heavy (non-hydrogen) atoms. The van der Waals surface area contributed by atoms with Crippen LogP contribution in [0.1, 0.15) is 27.1 Å². The number of hydrogen-bond donors (Lipinski definition) is 2. The predicted octanol–water partition coefficient (Wildman–Crippen LogP) is 2.68. The van der Waals surface area contributed by atoms with Gasteiger partial charge in [0.05, 0.1) is 0 Å². The molecule has 0 spiro atoms. The Bertz CT molecular complexity index is 998. The average Bonchev–Trinajstić information content (AvgIpc) is 3.37. The van der Waals surface area contributed by atoms with Gasteiger partial charge in [0.25, 0.3) is 11.8 Å². The molecule has 148 valence electrons. The summed E-state index contributed by atoms with van der Waals surface area (Å²) in [4.78, 5) is 27.1. The van der Waals surface area contributed by atoms with Crippen LogP contribution in [0, 0.1) is 0 Å². The summed E-state index contributed by atoms with van der Waals surface area (Å²) in [6.07, 6.45) is 2.79. The molecule has 0 radical (unpaired) electrons. The van der Waals surface area contributed by atoms with Crippen LogP contribution in [-0.4, -0.2) is 40.7 Å². The Hall–Kier alpha value is -3.61. The van der Waals surface area contributed by atoms with Crippen LogP contribution in [0.15, 0.2) is 66.9 Å². The number of rotatable bonds is 5. The molecule has 2 N–H and O–H groups in total. The lowest BCUT2D eigenvalue weighted by molar-refractivity contribution is 0.0938. The second kappa shape index (κ2) is 8.18. The van der Waals surface area contributed by atoms with E-state index in [2.05, 4.69) is 20.6 Å². The highest BCUT2D eigenvalue weighted by atomic mass is 16.2. The molecule has 1 aromatic heterocycles. The van der Waals surface area contributed by atoms with Crippen LogP contribution in [0.25, 0.3) is 0 Å². The molecule has 1 unspecified atom stereocenters. The fraction of sp³-hybridized carbons (Fsp3) is 0.227. The largest absolute Gasteiger partial charge is 0.353 e. The number of anilines is 2. The van der Waals surface area contributed by atoms with Gasteiger partial charge in [0.2, 0.25) is 0 Å². The fourth-order valence-electron chi connectivity index (χ4n) is 3.42. The first-order valence-corrected chi connectivity index (χ1v) is 9.60. The predicted molar refractivity (Wildman–Crippen MR) is 112 cm³/mol. The summed E-state index contributed by atoms with van der Waals surface area (Å²) in [7, 11) is 1.89. The Morgan fingerprint density at radius 3 is 2.31 bits per heavy atom. The van der Waals surface area contributed by atoms with Crippen molar-refractivity contribution in [2.45, 2.75) is 12.5 Å². The van der Waals surface area contributed by atoms with Gasteiger partial charge >= 0.3 is 0 Å². The van der Waals surface area contributed by atoms with Crippen molar-refractivity contribution in [1.82, 2.24) is 15.1 Å². The Kier molecular flexibility index (Phi) is 5.29. The topological polar surface area (TPSA) is 79.3 Å². The Labute approximate surface area is 169 Å². The van der Waals surface area contributed by atoms with Gasteiger partial charge in [-0.3, -0.25) is 14.3 Å². The van der Waals surface area contributed by atoms with E-state index in [4.69, 9.17) is 0 Å². The molecule has 4 rings (SSSR count). The standard InChI is InChI=1S/C22H23N5O2/c1-26-13-12-20(25-26)27-14-11-19(15-27)24-22(29)17-9-7-16(8-10-17)21(28)23-18-5-3-2-4-6-18/h2-10,12-13,19H,11,14-15H2,1H3,(H,23,28)(H,24,29). The number of nitrogens with one attached hydrogen (secondary N) is 2. The normalized spacial score (nSPS) is 15.9. The molecule has 2 heterocycles. The molecular weight excluding hydrogens is 366 g/mol. The molecule has 0 aliphatic carbocycles. The van der Waals surface area contributed by atoms with Crippen LogP contribution in [0.2, 0.25) is 0 Å². The summed E-state index contributed by atoms with van der Waals surface area (Å²) < 4.78 is 1.77. The van der Waals surface area contributed by atoms with E-state index in [9.17, 15) is 9.59 Å². The van der Waals surface area contributed by atoms with Gasteiger partial charge in [-0.15, -0.1) is 0 Å². The van der Waals surface area contributed by atoms with E-state index >= 15 is 0 Å². The molecule has 0 saturated carbocycles. The number of aromatic nitrogens is 2. The zero-order valence-corrected chi connectivity index (χ0v) is 16.2. The third-order valence-corrected chi connectivity index (χ3v) is 4.99. The lowest BCUT2D eigenvalue weighted by atomic mass is 10.1. The number of hydrogen-bond acceptors (Lipinski definition) is 4. The van der Waals surface area contributed by atoms with Crippen LogP contribution in [0.3, 0.4) is 0 Å². The summed E-state index contributed by atoms with van der Waals surface area (Å²) in [5, 5.41) is 10.3. The minimum Gasteiger partial charge on any atom is -0.353 e. The van der Waals surface area contributed by atoms with Crippen LogP contribution in [-0.2, 0) is 7.05 Å². The van der Waals surface area contributed by atoms with Crippen LogP contribution < -0.4 is 15.5 Å². The van der Waals surface area contributed by atoms with Gasteiger partial charge in [-0.25, -0.2) is 0 Å². The molecule has 1 aliphatic rings. The minimum atomic E-state index is -0.204. The van der Waals surface area contributed by atoms with E-state index in [-0.39, 0.29) is 17.9 Å². The van der Waals surface area contributed by atoms with Crippen molar-refractivity contribution in [3.8, 4) is 0 Å². The summed E-state index contributed by atoms with van der Waals surface area (Å²) in [5.74, 6) is 0.593. The van der Waals surface area contributed by atoms with E-state index < -0.39 is 0 Å². The van der Waals surface area contributed by atoms with Gasteiger partial charge in [-0.1, -0.05) is 18.2 Å². The number of carbonyl (C=O) groups excluding carboxylic acids is 2. The molecular formula is C22H23N5O2. The van der Waals surface area contributed by atoms with E-state index in [0.29, 0.717) is 11.1 Å². The number of aryl methyl sites for hydroxylation is 1. The van der Waals surface area contributed by atoms with Crippen LogP contribution >= 0.6 is 0 Å². The van der Waals surface area contributed by atoms with E-state index in [1.54, 1.807) is 28.9 Å². The van der Waals surface area contributed by atoms with Gasteiger partial charge < -0.3 is 15.5 Å². The van der Waals surface area contributed by atoms with Gasteiger partial charge in [0, 0.05) is 55.3 Å². The SMILES string of the molecule is Cn1ccc(N2CCC(NC(=O)c3ccc(C(=O)Nc4ccccc4)cc3)C2)n1. The lowest BCUT2D eigenvalue weighted by Gasteiger charge is -2.16. The maximum atomic E-state index is 12.6. The maximum Gasteiger partial charge on any atom is 0.255 e. The number of nitrogens with zero attached hydrogens (tertiary/aromatic N) is 3. The van der Waals surface area contributed by atoms with Crippen molar-refractivity contribution in [1.29, 1.82) is 0 Å². The molecule has 7 heteroatoms. The fourth-order valence-corrected chi connectivity index (χ4v) is 3.42. The highest BCUT2D eigenvalue weighted by Crippen LogP contribution is 2.18. The second-order valence-corrected chi connectivity index (χ2v) is 7.15. The molecule has 3 aromatic rings. The zero-order chi connectivity index (χ0) is 20.2. The third-order valence-electron chi connectivity index (χ3n) is 4.99. The first kappa shape index (κ1) is 18.7. The molecule has 2 aromatic carbocycles. The van der Waals surface area contributed by atoms with Gasteiger partial charge in [0.15, 0.2) is 5.82 Å². The van der Waals surface area contributed by atoms with Crippen LogP contribution in [0.4, 0.5) is 11.5 Å². The van der Waals surface area contributed by atoms with Crippen molar-refractivity contribution in [3.63, 3.8) is 0 Å². The Balaban J connectivity index is 1.33. The molecule has 1 saturated heterocycles. The second-order valence-electron chi connectivity index (χ2n) is 7.15. The Morgan fingerprint density at radius 2 is 1.66 bits per heavy atom. The molecule has 7 nitrogen and oxygen atoms in total. The molecule has 1 aliphatic heterocycles. The van der Waals surface area contributed by atoms with E-state index in [1.165, 1.54) is 0 Å². The van der Waals surface area contributed by atoms with Crippen molar-refractivity contribution >= 4 is 23.3 Å². The average molecular weight is 389 g/mol. The van der Waals surface area contributed by atoms with Gasteiger partial charge in [-0.05, 0) is 42.8 Å². The lowest BCUT2D eigenvalue weighted by Crippen LogP contribution is -2.37. The maximum absolute atomic E-state index is 12.6. The van der Waals surface area contributed by atoms with Crippen LogP contribution in [0.5, 0.6) is 0 Å². The molecule has 1 fully saturated rings. The highest BCUT2D eigenvalue weighted by molar-refractivity contribution is 6.05. The summed E-state index contributed by atoms with van der Waals surface area (Å²) in [6.45, 7) is 1.60. The smallest absolute Gasteiger partial charge is 0.255 e. The molecule has 0 bridgehead atoms. The highest BCUT2D eigenvalue weighted by Gasteiger charge is 2.25. The quantitative estimate of drug-likeness (QED) is 0.703. The Morgan fingerprint density at radius 1 is 0.966 bits per heavy atom. The number of carbonyl (C=O) groups is 2. The van der Waals surface area contributed by atoms with Crippen molar-refractivity contribution in [3.05, 3.63) is 78.0 Å². The molecule has 1 atom stereocenters. The van der Waals surface area contributed by atoms with Crippen molar-refractivity contribution in [2.75, 3.05) is 23.3 Å². The molecule has 2 amide bonds. The van der Waals surface area contributed by atoms with E-state index in [0.717, 1.165) is 31.0 Å². The minimum absolute atomic E-state index is 0.0746. The summed E-state index contributed by atoms with van der Waals surface area (Å²) in [5.41, 5.74) is 1.78. The van der Waals surface area contributed by atoms with Gasteiger partial charge in [0.1, 0.15) is 0 Å². The summed E-state index contributed by atoms with van der Waals surface area (Å²) >= 11 is 0. The number of benzene rings is 2. The van der Waals surface area contributed by atoms with E-state index in [1.807, 2.05) is 49.6 Å². The van der Waals surface area contributed by atoms with Crippen molar-refractivity contribution in [2.24, 2.45) is 7.05 Å². The van der Waals surface area contributed by atoms with Crippen molar-refractivity contribution < 1.29 is 9.59 Å². The first-order valence-electron chi connectivity index (χ1n) is 9.60. The number of amides is 2. The first-order chi connectivity index (χ1) is 14.1. The number of para-hydroxylation sites is 1. The van der Waals surface area contributed by atoms with Gasteiger partial charge in [-0.2, -0.15) is 5.10 Å². The summed E-state index contributed by atoms with van der Waals surface area (Å²) in [6, 6.07) is 18.0. The monoisotopic (exact) mass is 389 g/mol. The zero-order valence-electron chi connectivity index (χ0n) is 16.2.